The van der Waals surface area contributed by atoms with Crippen LogP contribution in [0.1, 0.15) is 19.3 Å². The Kier molecular flexibility index (Phi) is 4.13. The molecule has 0 aliphatic carbocycles. The lowest BCUT2D eigenvalue weighted by Gasteiger charge is -2.16. The molecule has 0 radical (unpaired) electrons. The van der Waals surface area contributed by atoms with Gasteiger partial charge in [-0.25, -0.2) is 4.98 Å². The molecule has 1 aliphatic heterocycles. The third-order valence-electron chi connectivity index (χ3n) is 3.47. The van der Waals surface area contributed by atoms with E-state index in [1.165, 1.54) is 12.8 Å². The first-order valence-corrected chi connectivity index (χ1v) is 7.27. The van der Waals surface area contributed by atoms with Gasteiger partial charge < -0.3 is 20.5 Å². The topological polar surface area (TPSA) is 97.8 Å². The molecule has 112 valence electrons. The predicted octanol–water partition coefficient (Wildman–Crippen LogP) is 0.753. The summed E-state index contributed by atoms with van der Waals surface area (Å²) in [7, 11) is 0. The van der Waals surface area contributed by atoms with Crippen molar-refractivity contribution in [2.45, 2.75) is 25.8 Å². The van der Waals surface area contributed by atoms with E-state index in [0.29, 0.717) is 11.9 Å². The molecular weight excluding hydrogens is 268 g/mol. The average Bonchev–Trinajstić information content (AvgIpc) is 3.16. The monoisotopic (exact) mass is 288 g/mol. The van der Waals surface area contributed by atoms with E-state index in [0.717, 1.165) is 32.6 Å². The smallest absolute Gasteiger partial charge is 0.231 e. The van der Waals surface area contributed by atoms with Crippen LogP contribution in [0.4, 0.5) is 17.8 Å². The second-order valence-electron chi connectivity index (χ2n) is 5.09. The highest BCUT2D eigenvalue weighted by atomic mass is 15.3. The first-order chi connectivity index (χ1) is 10.3. The van der Waals surface area contributed by atoms with E-state index in [1.54, 1.807) is 6.20 Å². The van der Waals surface area contributed by atoms with Crippen LogP contribution in [0.2, 0.25) is 0 Å². The summed E-state index contributed by atoms with van der Waals surface area (Å²) >= 11 is 0. The molecule has 8 nitrogen and oxygen atoms in total. The number of nitrogens with one attached hydrogen (secondary N) is 1. The minimum atomic E-state index is 0.268. The van der Waals surface area contributed by atoms with Gasteiger partial charge in [0.15, 0.2) is 0 Å². The van der Waals surface area contributed by atoms with E-state index in [-0.39, 0.29) is 5.95 Å². The molecule has 0 atom stereocenters. The van der Waals surface area contributed by atoms with Gasteiger partial charge in [0.1, 0.15) is 0 Å². The fraction of sp³-hybridized carbons (Fsp3) is 0.538. The van der Waals surface area contributed by atoms with Crippen LogP contribution in [0.3, 0.4) is 0 Å². The number of nitrogens with two attached hydrogens (primary N) is 1. The van der Waals surface area contributed by atoms with E-state index in [1.807, 2.05) is 17.1 Å². The van der Waals surface area contributed by atoms with Crippen LogP contribution < -0.4 is 16.0 Å². The minimum Gasteiger partial charge on any atom is -0.368 e. The molecule has 0 amide bonds. The largest absolute Gasteiger partial charge is 0.368 e. The summed E-state index contributed by atoms with van der Waals surface area (Å²) in [6, 6.07) is 0. The molecule has 2 aromatic heterocycles. The van der Waals surface area contributed by atoms with Crippen LogP contribution in [0.25, 0.3) is 0 Å². The van der Waals surface area contributed by atoms with Gasteiger partial charge in [0, 0.05) is 38.6 Å². The molecule has 0 spiro atoms. The fourth-order valence-corrected chi connectivity index (χ4v) is 2.40. The first kappa shape index (κ1) is 13.6. The Morgan fingerprint density at radius 2 is 2.05 bits per heavy atom. The van der Waals surface area contributed by atoms with Gasteiger partial charge >= 0.3 is 0 Å². The van der Waals surface area contributed by atoms with Crippen LogP contribution in [0, 0.1) is 0 Å². The second kappa shape index (κ2) is 6.38. The Bertz CT molecular complexity index is 562. The Labute approximate surface area is 123 Å². The maximum absolute atomic E-state index is 5.77. The summed E-state index contributed by atoms with van der Waals surface area (Å²) in [6.45, 7) is 3.67. The van der Waals surface area contributed by atoms with Crippen molar-refractivity contribution in [2.75, 3.05) is 35.6 Å². The maximum Gasteiger partial charge on any atom is 0.231 e. The van der Waals surface area contributed by atoms with Gasteiger partial charge in [-0.1, -0.05) is 0 Å². The maximum atomic E-state index is 5.77. The minimum absolute atomic E-state index is 0.268. The first-order valence-electron chi connectivity index (χ1n) is 7.27. The molecule has 1 fully saturated rings. The highest BCUT2D eigenvalue weighted by Gasteiger charge is 2.16. The Balaban J connectivity index is 1.54. The van der Waals surface area contributed by atoms with Gasteiger partial charge in [-0.15, -0.1) is 0 Å². The number of imidazole rings is 1. The van der Waals surface area contributed by atoms with E-state index in [4.69, 9.17) is 5.73 Å². The molecule has 0 bridgehead atoms. The number of nitrogen functional groups attached to an aromatic ring is 1. The van der Waals surface area contributed by atoms with Gasteiger partial charge in [-0.2, -0.15) is 15.0 Å². The van der Waals surface area contributed by atoms with Gasteiger partial charge in [-0.3, -0.25) is 0 Å². The lowest BCUT2D eigenvalue weighted by molar-refractivity contribution is 0.659. The summed E-state index contributed by atoms with van der Waals surface area (Å²) in [5.74, 6) is 1.50. The van der Waals surface area contributed by atoms with E-state index < -0.39 is 0 Å². The van der Waals surface area contributed by atoms with Gasteiger partial charge in [0.2, 0.25) is 17.8 Å². The number of anilines is 3. The SMILES string of the molecule is Nc1nc(NCCCn2ccnc2)nc(N2CCCC2)n1. The molecule has 2 aromatic rings. The van der Waals surface area contributed by atoms with Crippen molar-refractivity contribution in [1.29, 1.82) is 0 Å². The van der Waals surface area contributed by atoms with Gasteiger partial charge in [0.25, 0.3) is 0 Å². The molecule has 1 saturated heterocycles. The van der Waals surface area contributed by atoms with Crippen molar-refractivity contribution in [3.05, 3.63) is 18.7 Å². The zero-order valence-corrected chi connectivity index (χ0v) is 11.9. The Morgan fingerprint density at radius 3 is 2.81 bits per heavy atom. The molecule has 3 N–H and O–H groups in total. The van der Waals surface area contributed by atoms with E-state index in [9.17, 15) is 0 Å². The zero-order chi connectivity index (χ0) is 14.5. The van der Waals surface area contributed by atoms with Crippen molar-refractivity contribution >= 4 is 17.8 Å². The zero-order valence-electron chi connectivity index (χ0n) is 11.9. The molecule has 0 aromatic carbocycles. The summed E-state index contributed by atoms with van der Waals surface area (Å²) in [4.78, 5) is 19.0. The molecule has 0 unspecified atom stereocenters. The third-order valence-corrected chi connectivity index (χ3v) is 3.47. The lowest BCUT2D eigenvalue weighted by Crippen LogP contribution is -2.22. The Morgan fingerprint density at radius 1 is 1.19 bits per heavy atom. The molecule has 21 heavy (non-hydrogen) atoms. The summed E-state index contributed by atoms with van der Waals surface area (Å²) in [5.41, 5.74) is 5.77. The van der Waals surface area contributed by atoms with Crippen LogP contribution in [0.15, 0.2) is 18.7 Å². The third kappa shape index (κ3) is 3.59. The Hall–Kier alpha value is -2.38. The van der Waals surface area contributed by atoms with Crippen molar-refractivity contribution in [1.82, 2.24) is 24.5 Å². The van der Waals surface area contributed by atoms with E-state index >= 15 is 0 Å². The van der Waals surface area contributed by atoms with Crippen LogP contribution in [-0.4, -0.2) is 44.1 Å². The molecule has 3 rings (SSSR count). The molecule has 3 heterocycles. The van der Waals surface area contributed by atoms with Crippen molar-refractivity contribution in [2.24, 2.45) is 0 Å². The number of nitrogens with zero attached hydrogens (tertiary/aromatic N) is 6. The highest BCUT2D eigenvalue weighted by Crippen LogP contribution is 2.17. The summed E-state index contributed by atoms with van der Waals surface area (Å²) in [5, 5.41) is 3.21. The van der Waals surface area contributed by atoms with Gasteiger partial charge in [0.05, 0.1) is 6.33 Å². The normalized spacial score (nSPS) is 14.6. The van der Waals surface area contributed by atoms with Crippen LogP contribution >= 0.6 is 0 Å². The van der Waals surface area contributed by atoms with Crippen LogP contribution in [0.5, 0.6) is 0 Å². The molecular formula is C13H20N8. The standard InChI is InChI=1S/C13H20N8/c14-11-17-12(16-4-3-6-20-9-5-15-10-20)19-13(18-11)21-7-1-2-8-21/h5,9-10H,1-4,6-8H2,(H3,14,16,17,18,19). The average molecular weight is 288 g/mol. The molecule has 8 heteroatoms. The summed E-state index contributed by atoms with van der Waals surface area (Å²) < 4.78 is 2.04. The molecule has 0 saturated carbocycles. The van der Waals surface area contributed by atoms with Crippen molar-refractivity contribution in [3.63, 3.8) is 0 Å². The number of hydrogen-bond donors (Lipinski definition) is 2. The quantitative estimate of drug-likeness (QED) is 0.757. The second-order valence-corrected chi connectivity index (χ2v) is 5.09. The number of aromatic nitrogens is 5. The van der Waals surface area contributed by atoms with E-state index in [2.05, 4.69) is 30.2 Å². The summed E-state index contributed by atoms with van der Waals surface area (Å²) in [6.07, 6.45) is 8.86. The highest BCUT2D eigenvalue weighted by molar-refractivity contribution is 5.42. The van der Waals surface area contributed by atoms with Gasteiger partial charge in [-0.05, 0) is 19.3 Å². The number of aryl methyl sites for hydroxylation is 1. The molecule has 1 aliphatic rings. The lowest BCUT2D eigenvalue weighted by atomic mass is 10.4. The van der Waals surface area contributed by atoms with Crippen molar-refractivity contribution < 1.29 is 0 Å². The van der Waals surface area contributed by atoms with Crippen molar-refractivity contribution in [3.8, 4) is 0 Å². The number of hydrogen-bond acceptors (Lipinski definition) is 7. The predicted molar refractivity (Wildman–Crippen MR) is 81.0 cm³/mol. The number of rotatable bonds is 6. The van der Waals surface area contributed by atoms with Crippen LogP contribution in [-0.2, 0) is 6.54 Å². The fourth-order valence-electron chi connectivity index (χ4n) is 2.40.